The normalized spacial score (nSPS) is 21.9. The number of aliphatic hydroxyl groups is 1. The van der Waals surface area contributed by atoms with E-state index in [9.17, 15) is 19.8 Å². The van der Waals surface area contributed by atoms with Crippen LogP contribution in [0.15, 0.2) is 73.0 Å². The Kier molecular flexibility index (Phi) is 12.0. The number of aryl methyl sites for hydroxylation is 1. The summed E-state index contributed by atoms with van der Waals surface area (Å²) in [4.78, 5) is 24.5. The van der Waals surface area contributed by atoms with E-state index < -0.39 is 24.5 Å². The van der Waals surface area contributed by atoms with Crippen molar-refractivity contribution in [2.75, 3.05) is 0 Å². The molecule has 0 aliphatic carbocycles. The lowest BCUT2D eigenvalue weighted by Crippen LogP contribution is -2.48. The number of ether oxygens (including phenoxy) is 2. The number of benzene rings is 2. The third-order valence-electron chi connectivity index (χ3n) is 7.28. The highest BCUT2D eigenvalue weighted by Gasteiger charge is 2.40. The Hall–Kier alpha value is -2.96. The molecule has 2 aromatic carbocycles. The highest BCUT2D eigenvalue weighted by Crippen LogP contribution is 2.29. The van der Waals surface area contributed by atoms with Crippen LogP contribution < -0.4 is 0 Å². The van der Waals surface area contributed by atoms with Crippen molar-refractivity contribution in [3.05, 3.63) is 84.1 Å². The van der Waals surface area contributed by atoms with Gasteiger partial charge in [-0.1, -0.05) is 87.0 Å². The molecule has 1 fully saturated rings. The molecule has 0 aromatic heterocycles. The Bertz CT molecular complexity index is 1010. The number of carbonyl (C=O) groups is 2. The first-order valence-electron chi connectivity index (χ1n) is 13.8. The standard InChI is InChI=1S/C32H42O6/c1-23-21-29(34)30(31(35)36)38-32(23)37-24(2)13-9-11-19-27(28(33)22-26-17-7-4-8-18-26)20-12-10-16-25-14-5-3-6-15-25/h3-8,14-15,17-18,23,27,29-30,32,34H,2,9-13,16,19-22H2,1H3,(H,35,36). The summed E-state index contributed by atoms with van der Waals surface area (Å²) < 4.78 is 11.3. The lowest BCUT2D eigenvalue weighted by molar-refractivity contribution is -0.236. The Morgan fingerprint density at radius 3 is 2.21 bits per heavy atom. The number of aliphatic carboxylic acids is 1. The summed E-state index contributed by atoms with van der Waals surface area (Å²) in [7, 11) is 0. The molecule has 1 aliphatic rings. The van der Waals surface area contributed by atoms with Gasteiger partial charge in [-0.25, -0.2) is 4.79 Å². The fourth-order valence-electron chi connectivity index (χ4n) is 5.06. The number of carboxylic acids is 1. The van der Waals surface area contributed by atoms with E-state index in [-0.39, 0.29) is 11.8 Å². The number of carboxylic acid groups (broad SMARTS) is 1. The average Bonchev–Trinajstić information content (AvgIpc) is 2.90. The van der Waals surface area contributed by atoms with Gasteiger partial charge in [0.25, 0.3) is 0 Å². The zero-order valence-corrected chi connectivity index (χ0v) is 22.5. The number of Topliss-reactive ketones (excluding diaryl/α,β-unsaturated/α-hetero) is 1. The van der Waals surface area contributed by atoms with Gasteiger partial charge in [-0.2, -0.15) is 0 Å². The molecule has 5 unspecified atom stereocenters. The summed E-state index contributed by atoms with van der Waals surface area (Å²) in [5.74, 6) is -0.474. The second kappa shape index (κ2) is 15.5. The smallest absolute Gasteiger partial charge is 0.335 e. The molecule has 1 aliphatic heterocycles. The first kappa shape index (κ1) is 29.6. The number of hydrogen-bond acceptors (Lipinski definition) is 5. The summed E-state index contributed by atoms with van der Waals surface area (Å²) in [6.45, 7) is 5.85. The summed E-state index contributed by atoms with van der Waals surface area (Å²) in [6.07, 6.45) is 4.83. The van der Waals surface area contributed by atoms with Crippen molar-refractivity contribution in [3.8, 4) is 0 Å². The average molecular weight is 523 g/mol. The number of carbonyl (C=O) groups excluding carboxylic acids is 1. The van der Waals surface area contributed by atoms with Crippen LogP contribution in [-0.2, 0) is 31.9 Å². The molecule has 0 bridgehead atoms. The summed E-state index contributed by atoms with van der Waals surface area (Å²) in [5.41, 5.74) is 2.39. The van der Waals surface area contributed by atoms with Crippen LogP contribution in [0.25, 0.3) is 0 Å². The van der Waals surface area contributed by atoms with Gasteiger partial charge < -0.3 is 19.7 Å². The van der Waals surface area contributed by atoms with Crippen LogP contribution in [0, 0.1) is 11.8 Å². The Labute approximate surface area is 226 Å². The van der Waals surface area contributed by atoms with Crippen LogP contribution in [0.5, 0.6) is 0 Å². The summed E-state index contributed by atoms with van der Waals surface area (Å²) >= 11 is 0. The van der Waals surface area contributed by atoms with Gasteiger partial charge in [0.05, 0.1) is 11.9 Å². The topological polar surface area (TPSA) is 93.1 Å². The Morgan fingerprint density at radius 2 is 1.58 bits per heavy atom. The van der Waals surface area contributed by atoms with Crippen LogP contribution in [0.4, 0.5) is 0 Å². The number of hydrogen-bond donors (Lipinski definition) is 2. The van der Waals surface area contributed by atoms with Gasteiger partial charge in [0.1, 0.15) is 5.78 Å². The number of allylic oxidation sites excluding steroid dienone is 1. The van der Waals surface area contributed by atoms with Crippen LogP contribution >= 0.6 is 0 Å². The quantitative estimate of drug-likeness (QED) is 0.204. The van der Waals surface area contributed by atoms with E-state index in [1.165, 1.54) is 5.56 Å². The second-order valence-electron chi connectivity index (χ2n) is 10.5. The molecule has 38 heavy (non-hydrogen) atoms. The molecule has 0 saturated carbocycles. The van der Waals surface area contributed by atoms with Crippen LogP contribution in [0.3, 0.4) is 0 Å². The molecule has 2 N–H and O–H groups in total. The molecule has 0 amide bonds. The predicted molar refractivity (Wildman–Crippen MR) is 147 cm³/mol. The van der Waals surface area contributed by atoms with Gasteiger partial charge in [0.15, 0.2) is 6.10 Å². The highest BCUT2D eigenvalue weighted by molar-refractivity contribution is 5.83. The fraction of sp³-hybridized carbons (Fsp3) is 0.500. The van der Waals surface area contributed by atoms with Crippen molar-refractivity contribution in [1.29, 1.82) is 0 Å². The summed E-state index contributed by atoms with van der Waals surface area (Å²) in [6, 6.07) is 20.4. The van der Waals surface area contributed by atoms with E-state index in [0.717, 1.165) is 50.5 Å². The van der Waals surface area contributed by atoms with Gasteiger partial charge in [0.2, 0.25) is 6.29 Å². The molecule has 2 aromatic rings. The molecule has 0 spiro atoms. The van der Waals surface area contributed by atoms with Gasteiger partial charge in [-0.15, -0.1) is 0 Å². The maximum absolute atomic E-state index is 13.2. The minimum Gasteiger partial charge on any atom is -0.479 e. The van der Waals surface area contributed by atoms with E-state index in [0.29, 0.717) is 30.8 Å². The molecule has 1 saturated heterocycles. The SMILES string of the molecule is C=C(CCCCC(CCCCc1ccccc1)C(=O)Cc1ccccc1)OC1OC(C(=O)O)C(O)CC1C. The molecular weight excluding hydrogens is 480 g/mol. The van der Waals surface area contributed by atoms with Crippen molar-refractivity contribution in [1.82, 2.24) is 0 Å². The number of unbranched alkanes of at least 4 members (excludes halogenated alkanes) is 2. The molecule has 206 valence electrons. The second-order valence-corrected chi connectivity index (χ2v) is 10.5. The number of aliphatic hydroxyl groups excluding tert-OH is 1. The molecule has 6 heteroatoms. The molecule has 3 rings (SSSR count). The van der Waals surface area contributed by atoms with E-state index in [2.05, 4.69) is 30.8 Å². The first-order valence-corrected chi connectivity index (χ1v) is 13.8. The monoisotopic (exact) mass is 522 g/mol. The highest BCUT2D eigenvalue weighted by atomic mass is 16.7. The maximum Gasteiger partial charge on any atom is 0.335 e. The molecule has 5 atom stereocenters. The van der Waals surface area contributed by atoms with Gasteiger partial charge in [-0.05, 0) is 49.7 Å². The van der Waals surface area contributed by atoms with Crippen LogP contribution in [-0.4, -0.2) is 40.5 Å². The third kappa shape index (κ3) is 9.73. The molecule has 0 radical (unpaired) electrons. The molecule has 6 nitrogen and oxygen atoms in total. The van der Waals surface area contributed by atoms with E-state index in [4.69, 9.17) is 9.47 Å². The van der Waals surface area contributed by atoms with Crippen LogP contribution in [0.1, 0.15) is 69.4 Å². The van der Waals surface area contributed by atoms with E-state index >= 15 is 0 Å². The lowest BCUT2D eigenvalue weighted by atomic mass is 9.88. The Morgan fingerprint density at radius 1 is 0.974 bits per heavy atom. The lowest BCUT2D eigenvalue weighted by Gasteiger charge is -2.36. The summed E-state index contributed by atoms with van der Waals surface area (Å²) in [5, 5.41) is 19.2. The van der Waals surface area contributed by atoms with E-state index in [1.54, 1.807) is 0 Å². The zero-order chi connectivity index (χ0) is 27.3. The third-order valence-corrected chi connectivity index (χ3v) is 7.28. The van der Waals surface area contributed by atoms with Gasteiger partial charge in [0, 0.05) is 24.7 Å². The van der Waals surface area contributed by atoms with E-state index in [1.807, 2.05) is 43.3 Å². The molecular formula is C32H42O6. The molecule has 1 heterocycles. The zero-order valence-electron chi connectivity index (χ0n) is 22.5. The minimum atomic E-state index is -1.29. The van der Waals surface area contributed by atoms with Crippen LogP contribution in [0.2, 0.25) is 0 Å². The maximum atomic E-state index is 13.2. The van der Waals surface area contributed by atoms with Crippen molar-refractivity contribution in [2.45, 2.75) is 89.6 Å². The van der Waals surface area contributed by atoms with Crippen molar-refractivity contribution < 1.29 is 29.3 Å². The largest absolute Gasteiger partial charge is 0.479 e. The van der Waals surface area contributed by atoms with Crippen molar-refractivity contribution in [2.24, 2.45) is 11.8 Å². The minimum absolute atomic E-state index is 0.0275. The van der Waals surface area contributed by atoms with Crippen molar-refractivity contribution >= 4 is 11.8 Å². The van der Waals surface area contributed by atoms with Gasteiger partial charge >= 0.3 is 5.97 Å². The predicted octanol–water partition coefficient (Wildman–Crippen LogP) is 6.11. The first-order chi connectivity index (χ1) is 18.3. The van der Waals surface area contributed by atoms with Crippen molar-refractivity contribution in [3.63, 3.8) is 0 Å². The number of rotatable bonds is 16. The fourth-order valence-corrected chi connectivity index (χ4v) is 5.06. The van der Waals surface area contributed by atoms with Gasteiger partial charge in [-0.3, -0.25) is 4.79 Å². The Balaban J connectivity index is 1.44. The number of ketones is 1.